The molecular formula is C16H22N2O4S. The van der Waals surface area contributed by atoms with E-state index in [4.69, 9.17) is 4.74 Å². The van der Waals surface area contributed by atoms with Gasteiger partial charge in [-0.15, -0.1) is 0 Å². The molecule has 3 rings (SSSR count). The third-order valence-corrected chi connectivity index (χ3v) is 6.15. The van der Waals surface area contributed by atoms with Crippen LogP contribution in [-0.2, 0) is 21.2 Å². The van der Waals surface area contributed by atoms with Crippen molar-refractivity contribution in [1.29, 1.82) is 0 Å². The van der Waals surface area contributed by atoms with Crippen molar-refractivity contribution >= 4 is 16.0 Å². The molecule has 1 saturated heterocycles. The van der Waals surface area contributed by atoms with E-state index in [1.165, 1.54) is 0 Å². The van der Waals surface area contributed by atoms with Gasteiger partial charge in [0.2, 0.25) is 10.0 Å². The third kappa shape index (κ3) is 3.84. The molecule has 6 nitrogen and oxygen atoms in total. The average molecular weight is 338 g/mol. The minimum atomic E-state index is -3.45. The number of ether oxygens (including phenoxy) is 1. The highest BCUT2D eigenvalue weighted by Crippen LogP contribution is 2.29. The number of aliphatic imine (C=N–C) groups is 1. The van der Waals surface area contributed by atoms with Crippen LogP contribution in [0.5, 0.6) is 0 Å². The molecule has 2 unspecified atom stereocenters. The van der Waals surface area contributed by atoms with Crippen molar-refractivity contribution in [3.05, 3.63) is 35.9 Å². The van der Waals surface area contributed by atoms with Gasteiger partial charge in [0.25, 0.3) is 6.02 Å². The number of sulfonamides is 1. The molecule has 2 N–H and O–H groups in total. The monoisotopic (exact) mass is 338 g/mol. The Morgan fingerprint density at radius 2 is 2.00 bits per heavy atom. The van der Waals surface area contributed by atoms with Crippen molar-refractivity contribution in [3.63, 3.8) is 0 Å². The Hall–Kier alpha value is -1.60. The maximum atomic E-state index is 12.3. The molecule has 2 aliphatic rings. The number of fused-ring (bicyclic) bond motifs is 1. The summed E-state index contributed by atoms with van der Waals surface area (Å²) in [5, 5.41) is 9.05. The molecule has 2 fully saturated rings. The number of nitrogens with zero attached hydrogens (tertiary/aromatic N) is 1. The Bertz CT molecular complexity index is 660. The number of hydrogen-bond donors (Lipinski definition) is 2. The number of aliphatic hydroxyl groups is 1. The Morgan fingerprint density at radius 3 is 2.74 bits per heavy atom. The smallest absolute Gasteiger partial charge is 0.299 e. The zero-order chi connectivity index (χ0) is 16.3. The third-order valence-electron chi connectivity index (χ3n) is 4.36. The van der Waals surface area contributed by atoms with Gasteiger partial charge >= 0.3 is 0 Å². The minimum Gasteiger partial charge on any atom is -0.460 e. The van der Waals surface area contributed by atoms with Crippen molar-refractivity contribution in [3.8, 4) is 0 Å². The zero-order valence-corrected chi connectivity index (χ0v) is 13.7. The Balaban J connectivity index is 1.75. The molecule has 0 spiro atoms. The van der Waals surface area contributed by atoms with E-state index in [0.717, 1.165) is 24.8 Å². The van der Waals surface area contributed by atoms with Gasteiger partial charge in [-0.1, -0.05) is 36.8 Å². The molecule has 1 aliphatic heterocycles. The molecule has 3 atom stereocenters. The first-order valence-corrected chi connectivity index (χ1v) is 9.54. The zero-order valence-electron chi connectivity index (χ0n) is 12.9. The minimum absolute atomic E-state index is 0.0168. The number of rotatable bonds is 4. The molecule has 0 aromatic heterocycles. The summed E-state index contributed by atoms with van der Waals surface area (Å²) in [4.78, 5) is 4.29. The molecule has 1 saturated carbocycles. The largest absolute Gasteiger partial charge is 0.460 e. The molecule has 1 aromatic rings. The van der Waals surface area contributed by atoms with Crippen LogP contribution in [0.25, 0.3) is 0 Å². The van der Waals surface area contributed by atoms with Crippen LogP contribution in [0.2, 0.25) is 0 Å². The molecule has 7 heteroatoms. The number of hydrogen-bond acceptors (Lipinski definition) is 5. The van der Waals surface area contributed by atoms with Gasteiger partial charge < -0.3 is 9.84 Å². The average Bonchev–Trinajstić information content (AvgIpc) is 2.54. The standard InChI is InChI=1S/C16H22N2O4S/c19-11-13(10-12-6-2-1-3-7-12)17-16-18-23(20,21)15-9-5-4-8-14(15)22-16/h1-3,6-7,13-15,19H,4-5,8-11H2,(H,17,18)/t13-,14?,15?/m1/s1. The van der Waals surface area contributed by atoms with E-state index in [-0.39, 0.29) is 18.7 Å². The maximum Gasteiger partial charge on any atom is 0.299 e. The Kier molecular flexibility index (Phi) is 4.87. The summed E-state index contributed by atoms with van der Waals surface area (Å²) < 4.78 is 32.8. The fraction of sp³-hybridized carbons (Fsp3) is 0.562. The second kappa shape index (κ2) is 6.88. The van der Waals surface area contributed by atoms with E-state index in [1.807, 2.05) is 30.3 Å². The summed E-state index contributed by atoms with van der Waals surface area (Å²) in [5.41, 5.74) is 1.03. The van der Waals surface area contributed by atoms with Gasteiger partial charge in [0.1, 0.15) is 11.4 Å². The summed E-state index contributed by atoms with van der Waals surface area (Å²) in [6.45, 7) is -0.169. The van der Waals surface area contributed by atoms with Crippen LogP contribution >= 0.6 is 0 Å². The van der Waals surface area contributed by atoms with Gasteiger partial charge in [0.15, 0.2) is 0 Å². The number of aliphatic hydroxyl groups excluding tert-OH is 1. The van der Waals surface area contributed by atoms with Gasteiger partial charge in [0.05, 0.1) is 12.6 Å². The van der Waals surface area contributed by atoms with E-state index in [1.54, 1.807) is 0 Å². The lowest BCUT2D eigenvalue weighted by Gasteiger charge is -2.36. The van der Waals surface area contributed by atoms with Crippen molar-refractivity contribution in [2.45, 2.75) is 49.5 Å². The quantitative estimate of drug-likeness (QED) is 0.864. The van der Waals surface area contributed by atoms with Crippen LogP contribution in [0.4, 0.5) is 0 Å². The molecule has 0 bridgehead atoms. The highest BCUT2D eigenvalue weighted by Gasteiger charge is 2.42. The van der Waals surface area contributed by atoms with Crippen LogP contribution in [0.1, 0.15) is 31.2 Å². The second-order valence-electron chi connectivity index (χ2n) is 6.09. The summed E-state index contributed by atoms with van der Waals surface area (Å²) in [5.74, 6) is 0. The molecule has 1 aromatic carbocycles. The molecule has 23 heavy (non-hydrogen) atoms. The van der Waals surface area contributed by atoms with Crippen molar-refractivity contribution in [2.24, 2.45) is 4.99 Å². The highest BCUT2D eigenvalue weighted by molar-refractivity contribution is 7.90. The molecule has 1 heterocycles. The van der Waals surface area contributed by atoms with Gasteiger partial charge in [0, 0.05) is 0 Å². The van der Waals surface area contributed by atoms with Crippen LogP contribution in [0.15, 0.2) is 35.3 Å². The predicted molar refractivity (Wildman–Crippen MR) is 87.6 cm³/mol. The van der Waals surface area contributed by atoms with E-state index < -0.39 is 21.3 Å². The summed E-state index contributed by atoms with van der Waals surface area (Å²) in [6.07, 6.45) is 3.43. The van der Waals surface area contributed by atoms with Crippen LogP contribution in [0.3, 0.4) is 0 Å². The Morgan fingerprint density at radius 1 is 1.26 bits per heavy atom. The molecule has 1 aliphatic carbocycles. The highest BCUT2D eigenvalue weighted by atomic mass is 32.2. The van der Waals surface area contributed by atoms with E-state index >= 15 is 0 Å². The predicted octanol–water partition coefficient (Wildman–Crippen LogP) is 1.21. The first-order valence-electron chi connectivity index (χ1n) is 7.99. The fourth-order valence-electron chi connectivity index (χ4n) is 3.18. The van der Waals surface area contributed by atoms with Crippen molar-refractivity contribution < 1.29 is 18.3 Å². The first kappa shape index (κ1) is 16.3. The van der Waals surface area contributed by atoms with Crippen molar-refractivity contribution in [2.75, 3.05) is 6.61 Å². The lowest BCUT2D eigenvalue weighted by molar-refractivity contribution is 0.130. The topological polar surface area (TPSA) is 88.0 Å². The van der Waals surface area contributed by atoms with E-state index in [9.17, 15) is 13.5 Å². The lowest BCUT2D eigenvalue weighted by Crippen LogP contribution is -2.54. The summed E-state index contributed by atoms with van der Waals surface area (Å²) >= 11 is 0. The number of benzene rings is 1. The molecule has 126 valence electrons. The maximum absolute atomic E-state index is 12.3. The van der Waals surface area contributed by atoms with Crippen LogP contribution in [0, 0.1) is 0 Å². The van der Waals surface area contributed by atoms with Crippen LogP contribution in [-0.4, -0.2) is 43.5 Å². The number of amidine groups is 1. The van der Waals surface area contributed by atoms with E-state index in [0.29, 0.717) is 12.8 Å². The van der Waals surface area contributed by atoms with E-state index in [2.05, 4.69) is 9.71 Å². The van der Waals surface area contributed by atoms with Gasteiger partial charge in [-0.25, -0.2) is 18.1 Å². The lowest BCUT2D eigenvalue weighted by atomic mass is 9.97. The normalized spacial score (nSPS) is 29.2. The second-order valence-corrected chi connectivity index (χ2v) is 7.99. The van der Waals surface area contributed by atoms with Gasteiger partial charge in [-0.05, 0) is 31.2 Å². The van der Waals surface area contributed by atoms with Crippen molar-refractivity contribution in [1.82, 2.24) is 4.72 Å². The summed E-state index contributed by atoms with van der Waals surface area (Å²) in [7, 11) is -3.45. The van der Waals surface area contributed by atoms with Gasteiger partial charge in [-0.3, -0.25) is 0 Å². The van der Waals surface area contributed by atoms with Crippen LogP contribution < -0.4 is 4.72 Å². The molecule has 0 radical (unpaired) electrons. The number of nitrogens with one attached hydrogen (secondary N) is 1. The first-order chi connectivity index (χ1) is 11.1. The SMILES string of the molecule is O=S1(=O)NC(=N[C@@H](CO)Cc2ccccc2)OC2CCCCC21. The summed E-state index contributed by atoms with van der Waals surface area (Å²) in [6, 6.07) is 9.24. The molecular weight excluding hydrogens is 316 g/mol. The van der Waals surface area contributed by atoms with Gasteiger partial charge in [-0.2, -0.15) is 0 Å². The Labute approximate surface area is 136 Å². The fourth-order valence-corrected chi connectivity index (χ4v) is 4.74. The molecule has 0 amide bonds.